The van der Waals surface area contributed by atoms with Crippen molar-refractivity contribution in [1.29, 1.82) is 0 Å². The highest BCUT2D eigenvalue weighted by Gasteiger charge is 2.31. The van der Waals surface area contributed by atoms with Gasteiger partial charge in [0, 0.05) is 31.5 Å². The Balaban J connectivity index is 1.58. The molecule has 1 atom stereocenters. The van der Waals surface area contributed by atoms with Gasteiger partial charge in [-0.15, -0.1) is 0 Å². The molecule has 0 radical (unpaired) electrons. The average Bonchev–Trinajstić information content (AvgIpc) is 3.35. The summed E-state index contributed by atoms with van der Waals surface area (Å²) in [4.78, 5) is 25.9. The number of amides is 1. The minimum atomic E-state index is -0.0361. The number of H-pyrrole nitrogens is 1. The SMILES string of the molecule is O=C(c1cc(N2CCCC2)ccn1)N1CCCC[C@@H]1c1ncn[nH]1. The van der Waals surface area contributed by atoms with Crippen molar-refractivity contribution >= 4 is 11.6 Å². The third-order valence-corrected chi connectivity index (χ3v) is 4.95. The lowest BCUT2D eigenvalue weighted by Gasteiger charge is -2.34. The monoisotopic (exact) mass is 326 g/mol. The zero-order valence-corrected chi connectivity index (χ0v) is 13.7. The summed E-state index contributed by atoms with van der Waals surface area (Å²) in [6.45, 7) is 2.85. The third kappa shape index (κ3) is 2.86. The first kappa shape index (κ1) is 15.1. The molecule has 0 bridgehead atoms. The summed E-state index contributed by atoms with van der Waals surface area (Å²) in [5.41, 5.74) is 1.62. The van der Waals surface area contributed by atoms with E-state index in [1.807, 2.05) is 17.0 Å². The highest BCUT2D eigenvalue weighted by atomic mass is 16.2. The lowest BCUT2D eigenvalue weighted by atomic mass is 10.0. The van der Waals surface area contributed by atoms with Gasteiger partial charge in [0.2, 0.25) is 0 Å². The molecule has 0 aromatic carbocycles. The van der Waals surface area contributed by atoms with E-state index in [4.69, 9.17) is 0 Å². The summed E-state index contributed by atoms with van der Waals surface area (Å²) >= 11 is 0. The van der Waals surface area contributed by atoms with Gasteiger partial charge in [-0.3, -0.25) is 14.9 Å². The van der Waals surface area contributed by atoms with Gasteiger partial charge in [-0.05, 0) is 44.2 Å². The van der Waals surface area contributed by atoms with E-state index in [1.165, 1.54) is 19.2 Å². The smallest absolute Gasteiger partial charge is 0.273 e. The molecule has 24 heavy (non-hydrogen) atoms. The molecule has 1 N–H and O–H groups in total. The molecule has 4 rings (SSSR count). The number of nitrogens with zero attached hydrogens (tertiary/aromatic N) is 5. The van der Waals surface area contributed by atoms with Gasteiger partial charge in [-0.1, -0.05) is 0 Å². The van der Waals surface area contributed by atoms with Crippen LogP contribution in [0.25, 0.3) is 0 Å². The van der Waals surface area contributed by atoms with Crippen LogP contribution in [0.2, 0.25) is 0 Å². The van der Waals surface area contributed by atoms with Crippen molar-refractivity contribution in [2.45, 2.75) is 38.1 Å². The fourth-order valence-corrected chi connectivity index (χ4v) is 3.69. The van der Waals surface area contributed by atoms with E-state index in [9.17, 15) is 4.79 Å². The Kier molecular flexibility index (Phi) is 4.15. The van der Waals surface area contributed by atoms with Crippen LogP contribution in [0, 0.1) is 0 Å². The number of likely N-dealkylation sites (tertiary alicyclic amines) is 1. The standard InChI is InChI=1S/C17H22N6O/c24-17(14-11-13(6-7-18-14)22-8-3-4-9-22)23-10-2-1-5-15(23)16-19-12-20-21-16/h6-7,11-12,15H,1-5,8-10H2,(H,19,20,21)/t15-/m1/s1. The van der Waals surface area contributed by atoms with Crippen LogP contribution in [-0.2, 0) is 0 Å². The topological polar surface area (TPSA) is 78.0 Å². The van der Waals surface area contributed by atoms with Crippen LogP contribution in [0.3, 0.4) is 0 Å². The maximum absolute atomic E-state index is 13.1. The van der Waals surface area contributed by atoms with Crippen molar-refractivity contribution in [2.75, 3.05) is 24.5 Å². The van der Waals surface area contributed by atoms with E-state index >= 15 is 0 Å². The maximum atomic E-state index is 13.1. The molecular weight excluding hydrogens is 304 g/mol. The van der Waals surface area contributed by atoms with Gasteiger partial charge in [0.1, 0.15) is 17.8 Å². The number of carbonyl (C=O) groups is 1. The Hall–Kier alpha value is -2.44. The number of anilines is 1. The molecule has 0 aliphatic carbocycles. The maximum Gasteiger partial charge on any atom is 0.273 e. The van der Waals surface area contributed by atoms with E-state index in [0.717, 1.165) is 50.4 Å². The number of hydrogen-bond acceptors (Lipinski definition) is 5. The second-order valence-electron chi connectivity index (χ2n) is 6.47. The van der Waals surface area contributed by atoms with Crippen LogP contribution in [0.1, 0.15) is 54.5 Å². The fraction of sp³-hybridized carbons (Fsp3) is 0.529. The number of hydrogen-bond donors (Lipinski definition) is 1. The van der Waals surface area contributed by atoms with Gasteiger partial charge in [-0.2, -0.15) is 5.10 Å². The molecule has 4 heterocycles. The fourth-order valence-electron chi connectivity index (χ4n) is 3.69. The van der Waals surface area contributed by atoms with Gasteiger partial charge >= 0.3 is 0 Å². The van der Waals surface area contributed by atoms with Crippen LogP contribution < -0.4 is 4.90 Å². The van der Waals surface area contributed by atoms with Crippen LogP contribution >= 0.6 is 0 Å². The lowest BCUT2D eigenvalue weighted by molar-refractivity contribution is 0.0594. The Morgan fingerprint density at radius 1 is 1.12 bits per heavy atom. The average molecular weight is 326 g/mol. The molecule has 0 saturated carbocycles. The number of rotatable bonds is 3. The third-order valence-electron chi connectivity index (χ3n) is 4.95. The van der Waals surface area contributed by atoms with Gasteiger partial charge in [0.15, 0.2) is 0 Å². The van der Waals surface area contributed by atoms with E-state index in [2.05, 4.69) is 25.1 Å². The van der Waals surface area contributed by atoms with Gasteiger partial charge in [-0.25, -0.2) is 4.98 Å². The van der Waals surface area contributed by atoms with Crippen molar-refractivity contribution in [3.8, 4) is 0 Å². The molecule has 2 aromatic heterocycles. The van der Waals surface area contributed by atoms with E-state index in [0.29, 0.717) is 5.69 Å². The molecule has 7 nitrogen and oxygen atoms in total. The Bertz CT molecular complexity index is 695. The highest BCUT2D eigenvalue weighted by Crippen LogP contribution is 2.30. The molecule has 7 heteroatoms. The molecular formula is C17H22N6O. The highest BCUT2D eigenvalue weighted by molar-refractivity contribution is 5.93. The van der Waals surface area contributed by atoms with Crippen molar-refractivity contribution in [1.82, 2.24) is 25.1 Å². The summed E-state index contributed by atoms with van der Waals surface area (Å²) in [5.74, 6) is 0.746. The molecule has 0 spiro atoms. The van der Waals surface area contributed by atoms with Gasteiger partial charge < -0.3 is 9.80 Å². The summed E-state index contributed by atoms with van der Waals surface area (Å²) in [6, 6.07) is 3.89. The molecule has 2 aromatic rings. The minimum absolute atomic E-state index is 0.0165. The first-order valence-corrected chi connectivity index (χ1v) is 8.70. The second kappa shape index (κ2) is 6.59. The first-order chi connectivity index (χ1) is 11.8. The zero-order valence-electron chi connectivity index (χ0n) is 13.7. The molecule has 126 valence electrons. The van der Waals surface area contributed by atoms with Crippen LogP contribution in [-0.4, -0.2) is 50.6 Å². The Morgan fingerprint density at radius 3 is 2.75 bits per heavy atom. The van der Waals surface area contributed by atoms with Crippen LogP contribution in [0.15, 0.2) is 24.7 Å². The quantitative estimate of drug-likeness (QED) is 0.935. The normalized spacial score (nSPS) is 21.2. The largest absolute Gasteiger partial charge is 0.371 e. The van der Waals surface area contributed by atoms with E-state index < -0.39 is 0 Å². The number of aromatic nitrogens is 4. The van der Waals surface area contributed by atoms with Crippen molar-refractivity contribution in [3.05, 3.63) is 36.2 Å². The van der Waals surface area contributed by atoms with Gasteiger partial charge in [0.05, 0.1) is 6.04 Å². The van der Waals surface area contributed by atoms with E-state index in [1.54, 1.807) is 6.20 Å². The van der Waals surface area contributed by atoms with Crippen LogP contribution in [0.5, 0.6) is 0 Å². The molecule has 2 saturated heterocycles. The van der Waals surface area contributed by atoms with Gasteiger partial charge in [0.25, 0.3) is 5.91 Å². The first-order valence-electron chi connectivity index (χ1n) is 8.70. The Labute approximate surface area is 141 Å². The zero-order chi connectivity index (χ0) is 16.4. The number of piperidine rings is 1. The molecule has 0 unspecified atom stereocenters. The lowest BCUT2D eigenvalue weighted by Crippen LogP contribution is -2.39. The summed E-state index contributed by atoms with van der Waals surface area (Å²) in [5, 5.41) is 6.85. The van der Waals surface area contributed by atoms with Crippen molar-refractivity contribution < 1.29 is 4.79 Å². The number of carbonyl (C=O) groups excluding carboxylic acids is 1. The van der Waals surface area contributed by atoms with Crippen LogP contribution in [0.4, 0.5) is 5.69 Å². The molecule has 2 aliphatic heterocycles. The summed E-state index contributed by atoms with van der Waals surface area (Å²) < 4.78 is 0. The minimum Gasteiger partial charge on any atom is -0.371 e. The van der Waals surface area contributed by atoms with E-state index in [-0.39, 0.29) is 11.9 Å². The number of pyridine rings is 1. The number of nitrogens with one attached hydrogen (secondary N) is 1. The van der Waals surface area contributed by atoms with Crippen molar-refractivity contribution in [3.63, 3.8) is 0 Å². The predicted molar refractivity (Wildman–Crippen MR) is 89.7 cm³/mol. The summed E-state index contributed by atoms with van der Waals surface area (Å²) in [7, 11) is 0. The Morgan fingerprint density at radius 2 is 1.96 bits per heavy atom. The molecule has 2 fully saturated rings. The second-order valence-corrected chi connectivity index (χ2v) is 6.47. The van der Waals surface area contributed by atoms with Crippen molar-refractivity contribution in [2.24, 2.45) is 0 Å². The predicted octanol–water partition coefficient (Wildman–Crippen LogP) is 2.17. The molecule has 1 amide bonds. The summed E-state index contributed by atoms with van der Waals surface area (Å²) in [6.07, 6.45) is 8.69. The number of aromatic amines is 1. The molecule has 2 aliphatic rings.